The van der Waals surface area contributed by atoms with Crippen molar-refractivity contribution in [1.29, 1.82) is 0 Å². The van der Waals surface area contributed by atoms with Crippen molar-refractivity contribution < 1.29 is 18.0 Å². The second-order valence-electron chi connectivity index (χ2n) is 9.88. The van der Waals surface area contributed by atoms with Crippen molar-refractivity contribution in [3.8, 4) is 0 Å². The number of hydrogen-bond acceptors (Lipinski definition) is 5. The summed E-state index contributed by atoms with van der Waals surface area (Å²) in [7, 11) is -3.74. The summed E-state index contributed by atoms with van der Waals surface area (Å²) in [6, 6.07) is 2.47. The molecule has 0 radical (unpaired) electrons. The normalized spacial score (nSPS) is 31.0. The molecule has 1 aromatic rings. The molecule has 0 spiro atoms. The van der Waals surface area contributed by atoms with Gasteiger partial charge in [-0.25, -0.2) is 13.6 Å². The van der Waals surface area contributed by atoms with Crippen molar-refractivity contribution in [1.82, 2.24) is 10.6 Å². The van der Waals surface area contributed by atoms with Gasteiger partial charge in [-0.3, -0.25) is 9.59 Å². The quantitative estimate of drug-likeness (QED) is 0.587. The number of sulfonamides is 1. The predicted octanol–water partition coefficient (Wildman–Crippen LogP) is 2.37. The topological polar surface area (TPSA) is 118 Å². The summed E-state index contributed by atoms with van der Waals surface area (Å²) in [6.07, 6.45) is 6.68. The van der Waals surface area contributed by atoms with Crippen LogP contribution in [-0.2, 0) is 26.2 Å². The Morgan fingerprint density at radius 1 is 1.13 bits per heavy atom. The van der Waals surface area contributed by atoms with Crippen LogP contribution in [0.4, 0.5) is 0 Å². The summed E-state index contributed by atoms with van der Waals surface area (Å²) in [4.78, 5) is 26.9. The van der Waals surface area contributed by atoms with Gasteiger partial charge in [-0.05, 0) is 74.3 Å². The molecule has 1 heterocycles. The van der Waals surface area contributed by atoms with Crippen LogP contribution in [0.25, 0.3) is 0 Å². The molecule has 9 heteroatoms. The summed E-state index contributed by atoms with van der Waals surface area (Å²) in [6.45, 7) is 4.05. The molecule has 0 saturated heterocycles. The Bertz CT molecular complexity index is 903. The highest BCUT2D eigenvalue weighted by atomic mass is 32.2. The number of rotatable bonds is 7. The molecule has 4 fully saturated rings. The third kappa shape index (κ3) is 4.29. The highest BCUT2D eigenvalue weighted by Gasteiger charge is 2.55. The highest BCUT2D eigenvalue weighted by molar-refractivity contribution is 7.91. The first-order valence-corrected chi connectivity index (χ1v) is 13.1. The molecule has 4 N–H and O–H groups in total. The summed E-state index contributed by atoms with van der Waals surface area (Å²) in [5.74, 6) is 1.75. The van der Waals surface area contributed by atoms with Crippen LogP contribution in [-0.4, -0.2) is 26.3 Å². The number of amides is 2. The Labute approximate surface area is 182 Å². The van der Waals surface area contributed by atoms with E-state index in [1.165, 1.54) is 25.3 Å². The maximum absolute atomic E-state index is 13.3. The van der Waals surface area contributed by atoms with Gasteiger partial charge >= 0.3 is 0 Å². The fraction of sp³-hybridized carbons (Fsp3) is 0.714. The van der Waals surface area contributed by atoms with Crippen LogP contribution in [0.3, 0.4) is 0 Å². The zero-order valence-electron chi connectivity index (χ0n) is 17.5. The van der Waals surface area contributed by atoms with Gasteiger partial charge in [0.15, 0.2) is 0 Å². The number of nitrogens with one attached hydrogen (secondary N) is 2. The van der Waals surface area contributed by atoms with Crippen LogP contribution < -0.4 is 15.8 Å². The average Bonchev–Trinajstić information content (AvgIpc) is 3.12. The standard InChI is InChI=1S/C21H31N3O4S2/c1-12(2)18(19(25)23-11-16-3-4-17(29-16)30(22,27)28)24-20(26)21-8-13-5-14(9-21)7-15(6-13)10-21/h3-4,12-15,18H,5-11H2,1-2H3,(H,23,25)(H,24,26)(H2,22,27,28). The van der Waals surface area contributed by atoms with Crippen LogP contribution in [0, 0.1) is 29.1 Å². The zero-order valence-corrected chi connectivity index (χ0v) is 19.2. The van der Waals surface area contributed by atoms with Crippen molar-refractivity contribution in [2.24, 2.45) is 34.2 Å². The van der Waals surface area contributed by atoms with Gasteiger partial charge in [0.25, 0.3) is 0 Å². The van der Waals surface area contributed by atoms with Crippen molar-refractivity contribution in [2.45, 2.75) is 69.2 Å². The number of carbonyl (C=O) groups is 2. The van der Waals surface area contributed by atoms with E-state index in [4.69, 9.17) is 5.14 Å². The van der Waals surface area contributed by atoms with Gasteiger partial charge in [-0.15, -0.1) is 11.3 Å². The number of thiophene rings is 1. The van der Waals surface area contributed by atoms with Gasteiger partial charge in [0.2, 0.25) is 21.8 Å². The molecule has 5 rings (SSSR count). The van der Waals surface area contributed by atoms with Gasteiger partial charge in [-0.2, -0.15) is 0 Å². The molecular weight excluding hydrogens is 422 g/mol. The lowest BCUT2D eigenvalue weighted by Gasteiger charge is -2.55. The second kappa shape index (κ2) is 7.91. The van der Waals surface area contributed by atoms with E-state index in [0.29, 0.717) is 22.6 Å². The largest absolute Gasteiger partial charge is 0.349 e. The average molecular weight is 454 g/mol. The van der Waals surface area contributed by atoms with Crippen LogP contribution in [0.2, 0.25) is 0 Å². The maximum atomic E-state index is 13.3. The molecular formula is C21H31N3O4S2. The van der Waals surface area contributed by atoms with E-state index in [-0.39, 0.29) is 33.9 Å². The van der Waals surface area contributed by atoms with Gasteiger partial charge in [-0.1, -0.05) is 13.8 Å². The predicted molar refractivity (Wildman–Crippen MR) is 115 cm³/mol. The summed E-state index contributed by atoms with van der Waals surface area (Å²) < 4.78 is 22.9. The highest BCUT2D eigenvalue weighted by Crippen LogP contribution is 2.60. The molecule has 7 nitrogen and oxygen atoms in total. The Morgan fingerprint density at radius 3 is 2.17 bits per heavy atom. The lowest BCUT2D eigenvalue weighted by Crippen LogP contribution is -2.58. The van der Waals surface area contributed by atoms with Gasteiger partial charge in [0.05, 0.1) is 6.54 Å². The van der Waals surface area contributed by atoms with Crippen LogP contribution >= 0.6 is 11.3 Å². The van der Waals surface area contributed by atoms with E-state index in [2.05, 4.69) is 10.6 Å². The molecule has 0 aliphatic heterocycles. The minimum atomic E-state index is -3.74. The molecule has 1 unspecified atom stereocenters. The SMILES string of the molecule is CC(C)C(NC(=O)C12CC3CC(CC(C3)C1)C2)C(=O)NCc1ccc(S(N)(=O)=O)s1. The first kappa shape index (κ1) is 21.8. The number of hydrogen-bond donors (Lipinski definition) is 3. The summed E-state index contributed by atoms with van der Waals surface area (Å²) >= 11 is 1.04. The molecule has 2 amide bonds. The van der Waals surface area contributed by atoms with E-state index in [1.807, 2.05) is 13.8 Å². The summed E-state index contributed by atoms with van der Waals surface area (Å²) in [5.41, 5.74) is -0.291. The van der Waals surface area contributed by atoms with E-state index >= 15 is 0 Å². The molecule has 4 aliphatic carbocycles. The lowest BCUT2D eigenvalue weighted by molar-refractivity contribution is -0.149. The Morgan fingerprint density at radius 2 is 1.70 bits per heavy atom. The zero-order chi connectivity index (χ0) is 21.7. The van der Waals surface area contributed by atoms with Crippen molar-refractivity contribution in [2.75, 3.05) is 0 Å². The first-order chi connectivity index (χ1) is 14.1. The third-order valence-corrected chi connectivity index (χ3v) is 9.63. The minimum absolute atomic E-state index is 0.0445. The van der Waals surface area contributed by atoms with Gasteiger partial charge < -0.3 is 10.6 Å². The van der Waals surface area contributed by atoms with Crippen LogP contribution in [0.1, 0.15) is 57.2 Å². The molecule has 4 bridgehead atoms. The second-order valence-corrected chi connectivity index (χ2v) is 12.8. The molecule has 0 aromatic carbocycles. The Hall–Kier alpha value is -1.45. The molecule has 1 aromatic heterocycles. The molecule has 166 valence electrons. The number of carbonyl (C=O) groups excluding carboxylic acids is 2. The number of primary sulfonamides is 1. The molecule has 4 saturated carbocycles. The molecule has 1 atom stereocenters. The smallest absolute Gasteiger partial charge is 0.247 e. The summed E-state index contributed by atoms with van der Waals surface area (Å²) in [5, 5.41) is 11.1. The lowest BCUT2D eigenvalue weighted by atomic mass is 9.49. The van der Waals surface area contributed by atoms with Crippen molar-refractivity contribution in [3.63, 3.8) is 0 Å². The van der Waals surface area contributed by atoms with Crippen molar-refractivity contribution >= 4 is 33.2 Å². The van der Waals surface area contributed by atoms with Crippen molar-refractivity contribution in [3.05, 3.63) is 17.0 Å². The Balaban J connectivity index is 1.39. The first-order valence-electron chi connectivity index (χ1n) is 10.8. The maximum Gasteiger partial charge on any atom is 0.247 e. The van der Waals surface area contributed by atoms with E-state index in [9.17, 15) is 18.0 Å². The monoisotopic (exact) mass is 453 g/mol. The minimum Gasteiger partial charge on any atom is -0.349 e. The van der Waals surface area contributed by atoms with Crippen LogP contribution in [0.15, 0.2) is 16.3 Å². The third-order valence-electron chi connectivity index (χ3n) is 7.11. The molecule has 30 heavy (non-hydrogen) atoms. The van der Waals surface area contributed by atoms with Gasteiger partial charge in [0, 0.05) is 10.3 Å². The van der Waals surface area contributed by atoms with Crippen LogP contribution in [0.5, 0.6) is 0 Å². The van der Waals surface area contributed by atoms with Gasteiger partial charge in [0.1, 0.15) is 10.3 Å². The van der Waals surface area contributed by atoms with E-state index in [1.54, 1.807) is 6.07 Å². The number of nitrogens with two attached hydrogens (primary N) is 1. The van der Waals surface area contributed by atoms with E-state index in [0.717, 1.165) is 30.6 Å². The molecule has 4 aliphatic rings. The fourth-order valence-electron chi connectivity index (χ4n) is 6.11. The fourth-order valence-corrected chi connectivity index (χ4v) is 7.83. The Kier molecular flexibility index (Phi) is 5.74. The van der Waals surface area contributed by atoms with E-state index < -0.39 is 16.1 Å².